The molecule has 106 valence electrons. The summed E-state index contributed by atoms with van der Waals surface area (Å²) in [5.41, 5.74) is 6.80. The van der Waals surface area contributed by atoms with E-state index in [9.17, 15) is 14.7 Å². The average molecular weight is 412 g/mol. The number of halogens is 1. The predicted molar refractivity (Wildman–Crippen MR) is 86.8 cm³/mol. The van der Waals surface area contributed by atoms with Gasteiger partial charge in [-0.1, -0.05) is 42.2 Å². The molecule has 19 heavy (non-hydrogen) atoms. The molecule has 0 aromatic carbocycles. The van der Waals surface area contributed by atoms with Crippen molar-refractivity contribution < 1.29 is 14.7 Å². The van der Waals surface area contributed by atoms with Gasteiger partial charge in [0.1, 0.15) is 5.70 Å². The summed E-state index contributed by atoms with van der Waals surface area (Å²) < 4.78 is 0.529. The maximum atomic E-state index is 12.3. The number of hydrogen-bond acceptors (Lipinski definition) is 4. The van der Waals surface area contributed by atoms with E-state index in [1.165, 1.54) is 16.7 Å². The van der Waals surface area contributed by atoms with Crippen LogP contribution in [0, 0.1) is 0 Å². The summed E-state index contributed by atoms with van der Waals surface area (Å²) in [5.74, 6) is -1.09. The molecule has 1 fully saturated rings. The van der Waals surface area contributed by atoms with Crippen molar-refractivity contribution in [1.29, 1.82) is 0 Å². The van der Waals surface area contributed by atoms with Gasteiger partial charge in [-0.15, -0.1) is 11.8 Å². The molecule has 3 atom stereocenters. The Morgan fingerprint density at radius 3 is 2.53 bits per heavy atom. The number of nitrogens with zero attached hydrogens (tertiary/aromatic N) is 1. The predicted octanol–water partition coefficient (Wildman–Crippen LogP) is 1.67. The third-order valence-electron chi connectivity index (χ3n) is 3.50. The van der Waals surface area contributed by atoms with E-state index in [4.69, 9.17) is 5.73 Å². The van der Waals surface area contributed by atoms with Crippen molar-refractivity contribution in [3.63, 3.8) is 0 Å². The second-order valence-electron chi connectivity index (χ2n) is 5.81. The standard InChI is InChI=1S/C11H17IN2O3SSi/c1-19(2,3)7-9(15)14-6(11(16)17)5(4-12)8(13)18-10(7)14/h7-8,10H,4,13H2,1-3H3,(H,16,17)/t7?,8?,10-/m1/s1. The molecule has 8 heteroatoms. The molecule has 0 aromatic rings. The van der Waals surface area contributed by atoms with Crippen LogP contribution >= 0.6 is 34.4 Å². The lowest BCUT2D eigenvalue weighted by Gasteiger charge is -2.54. The number of amides is 1. The number of alkyl halides is 1. The summed E-state index contributed by atoms with van der Waals surface area (Å²) in [6.07, 6.45) is 0. The molecule has 0 aromatic heterocycles. The molecule has 2 aliphatic rings. The highest BCUT2D eigenvalue weighted by molar-refractivity contribution is 14.1. The van der Waals surface area contributed by atoms with Gasteiger partial charge in [0.25, 0.3) is 0 Å². The maximum Gasteiger partial charge on any atom is 0.352 e. The number of carbonyl (C=O) groups is 2. The topological polar surface area (TPSA) is 83.6 Å². The molecule has 2 unspecified atom stereocenters. The van der Waals surface area contributed by atoms with Gasteiger partial charge in [-0.3, -0.25) is 9.69 Å². The molecular formula is C11H17IN2O3SSi. The molecule has 3 N–H and O–H groups in total. The fourth-order valence-corrected chi connectivity index (χ4v) is 8.28. The number of fused-ring (bicyclic) bond motifs is 1. The van der Waals surface area contributed by atoms with Crippen LogP contribution in [0.2, 0.25) is 25.2 Å². The van der Waals surface area contributed by atoms with Gasteiger partial charge in [0.05, 0.1) is 24.4 Å². The van der Waals surface area contributed by atoms with E-state index in [1.807, 2.05) is 0 Å². The highest BCUT2D eigenvalue weighted by Crippen LogP contribution is 2.52. The third kappa shape index (κ3) is 2.36. The Labute approximate surface area is 131 Å². The third-order valence-corrected chi connectivity index (χ3v) is 8.33. The largest absolute Gasteiger partial charge is 0.477 e. The quantitative estimate of drug-likeness (QED) is 0.319. The van der Waals surface area contributed by atoms with Crippen LogP contribution < -0.4 is 5.73 Å². The number of carbonyl (C=O) groups excluding carboxylic acids is 1. The SMILES string of the molecule is C[Si](C)(C)C1C(=O)N2C(C(=O)O)=C(CI)C(N)S[C@H]12. The molecule has 2 heterocycles. The average Bonchev–Trinajstić information content (AvgIpc) is 2.25. The van der Waals surface area contributed by atoms with Gasteiger partial charge < -0.3 is 10.8 Å². The van der Waals surface area contributed by atoms with E-state index in [-0.39, 0.29) is 27.9 Å². The van der Waals surface area contributed by atoms with Crippen LogP contribution in [0.5, 0.6) is 0 Å². The number of rotatable bonds is 3. The first-order chi connectivity index (χ1) is 8.70. The van der Waals surface area contributed by atoms with Crippen molar-refractivity contribution in [3.05, 3.63) is 11.3 Å². The number of thioether (sulfide) groups is 1. The summed E-state index contributed by atoms with van der Waals surface area (Å²) >= 11 is 3.62. The lowest BCUT2D eigenvalue weighted by Crippen LogP contribution is -2.65. The zero-order valence-corrected chi connectivity index (χ0v) is 15.0. The molecule has 1 saturated heterocycles. The first-order valence-electron chi connectivity index (χ1n) is 5.96. The van der Waals surface area contributed by atoms with Crippen molar-refractivity contribution in [2.45, 2.75) is 35.9 Å². The van der Waals surface area contributed by atoms with Gasteiger partial charge in [0, 0.05) is 4.43 Å². The van der Waals surface area contributed by atoms with Gasteiger partial charge in [-0.2, -0.15) is 0 Å². The molecule has 0 radical (unpaired) electrons. The zero-order valence-electron chi connectivity index (χ0n) is 11.0. The van der Waals surface area contributed by atoms with Crippen molar-refractivity contribution in [2.75, 3.05) is 4.43 Å². The Bertz CT molecular complexity index is 477. The van der Waals surface area contributed by atoms with Crippen molar-refractivity contribution >= 4 is 54.3 Å². The van der Waals surface area contributed by atoms with E-state index in [1.54, 1.807) is 0 Å². The number of β-lactam (4-membered cyclic amide) rings is 1. The van der Waals surface area contributed by atoms with E-state index < -0.39 is 14.0 Å². The van der Waals surface area contributed by atoms with Gasteiger partial charge in [0.2, 0.25) is 5.91 Å². The van der Waals surface area contributed by atoms with Gasteiger partial charge in [-0.25, -0.2) is 4.79 Å². The summed E-state index contributed by atoms with van der Waals surface area (Å²) in [7, 11) is -1.66. The minimum atomic E-state index is -1.66. The minimum absolute atomic E-state index is 0.0336. The second kappa shape index (κ2) is 5.04. The molecule has 0 aliphatic carbocycles. The van der Waals surface area contributed by atoms with E-state index in [0.29, 0.717) is 10.0 Å². The van der Waals surface area contributed by atoms with Gasteiger partial charge >= 0.3 is 5.97 Å². The number of aliphatic carboxylic acids is 1. The van der Waals surface area contributed by atoms with E-state index in [2.05, 4.69) is 42.2 Å². The smallest absolute Gasteiger partial charge is 0.352 e. The lowest BCUT2D eigenvalue weighted by molar-refractivity contribution is -0.146. The molecule has 2 rings (SSSR count). The van der Waals surface area contributed by atoms with Crippen molar-refractivity contribution in [3.8, 4) is 0 Å². The number of nitrogens with two attached hydrogens (primary N) is 1. The summed E-state index contributed by atoms with van der Waals surface area (Å²) in [5, 5.41) is 8.96. The van der Waals surface area contributed by atoms with Gasteiger partial charge in [0.15, 0.2) is 0 Å². The molecule has 0 spiro atoms. The molecule has 2 aliphatic heterocycles. The lowest BCUT2D eigenvalue weighted by atomic mass is 10.1. The monoisotopic (exact) mass is 412 g/mol. The highest BCUT2D eigenvalue weighted by atomic mass is 127. The van der Waals surface area contributed by atoms with Crippen LogP contribution in [0.1, 0.15) is 0 Å². The first-order valence-corrected chi connectivity index (χ1v) is 12.0. The zero-order chi connectivity index (χ0) is 14.5. The highest BCUT2D eigenvalue weighted by Gasteiger charge is 2.58. The number of carboxylic acids is 1. The maximum absolute atomic E-state index is 12.3. The molecule has 0 bridgehead atoms. The Balaban J connectivity index is 2.43. The Hall–Kier alpha value is -0.0631. The Kier molecular flexibility index (Phi) is 4.07. The summed E-state index contributed by atoms with van der Waals surface area (Å²) in [6, 6.07) is 0. The minimum Gasteiger partial charge on any atom is -0.477 e. The molecular weight excluding hydrogens is 395 g/mol. The number of hydrogen-bond donors (Lipinski definition) is 2. The Morgan fingerprint density at radius 1 is 1.53 bits per heavy atom. The van der Waals surface area contributed by atoms with Crippen LogP contribution in [0.25, 0.3) is 0 Å². The normalized spacial score (nSPS) is 31.1. The van der Waals surface area contributed by atoms with Crippen molar-refractivity contribution in [2.24, 2.45) is 5.73 Å². The van der Waals surface area contributed by atoms with Crippen LogP contribution in [0.15, 0.2) is 11.3 Å². The van der Waals surface area contributed by atoms with Crippen LogP contribution in [0.4, 0.5) is 0 Å². The van der Waals surface area contributed by atoms with E-state index in [0.717, 1.165) is 0 Å². The summed E-state index contributed by atoms with van der Waals surface area (Å²) in [6.45, 7) is 6.41. The fraction of sp³-hybridized carbons (Fsp3) is 0.636. The van der Waals surface area contributed by atoms with Crippen molar-refractivity contribution in [1.82, 2.24) is 4.90 Å². The van der Waals surface area contributed by atoms with Crippen LogP contribution in [-0.4, -0.2) is 45.1 Å². The summed E-state index contributed by atoms with van der Waals surface area (Å²) in [4.78, 5) is 25.2. The van der Waals surface area contributed by atoms with Crippen LogP contribution in [0.3, 0.4) is 0 Å². The van der Waals surface area contributed by atoms with Crippen LogP contribution in [-0.2, 0) is 9.59 Å². The first kappa shape index (κ1) is 15.3. The Morgan fingerprint density at radius 2 is 2.11 bits per heavy atom. The second-order valence-corrected chi connectivity index (χ2v) is 13.2. The molecule has 0 saturated carbocycles. The molecule has 5 nitrogen and oxygen atoms in total. The van der Waals surface area contributed by atoms with Gasteiger partial charge in [-0.05, 0) is 5.57 Å². The fourth-order valence-electron chi connectivity index (χ4n) is 2.54. The van der Waals surface area contributed by atoms with E-state index >= 15 is 0 Å². The molecule has 1 amide bonds. The number of carboxylic acid groups (broad SMARTS) is 1.